The number of rotatable bonds is 4. The predicted octanol–water partition coefficient (Wildman–Crippen LogP) is 1.35. The number of carbonyl (C=O) groups excluding carboxylic acids is 1. The van der Waals surface area contributed by atoms with Crippen molar-refractivity contribution in [3.05, 3.63) is 53.9 Å². The second-order valence-corrected chi connectivity index (χ2v) is 3.90. The van der Waals surface area contributed by atoms with Crippen molar-refractivity contribution in [2.45, 2.75) is 5.92 Å². The van der Waals surface area contributed by atoms with Gasteiger partial charge in [0.2, 0.25) is 0 Å². The van der Waals surface area contributed by atoms with Crippen LogP contribution in [0.2, 0.25) is 0 Å². The third kappa shape index (κ3) is 2.26. The van der Waals surface area contributed by atoms with Crippen molar-refractivity contribution in [2.24, 2.45) is 12.8 Å². The van der Waals surface area contributed by atoms with Crippen molar-refractivity contribution in [3.8, 4) is 0 Å². The van der Waals surface area contributed by atoms with Crippen molar-refractivity contribution in [1.82, 2.24) is 9.78 Å². The summed E-state index contributed by atoms with van der Waals surface area (Å²) in [6.45, 7) is 0.300. The first-order valence-corrected chi connectivity index (χ1v) is 5.51. The Kier molecular flexibility index (Phi) is 3.35. The quantitative estimate of drug-likeness (QED) is 0.805. The van der Waals surface area contributed by atoms with Gasteiger partial charge in [0.15, 0.2) is 5.78 Å². The summed E-state index contributed by atoms with van der Waals surface area (Å²) in [7, 11) is 1.76. The third-order valence-corrected chi connectivity index (χ3v) is 2.83. The van der Waals surface area contributed by atoms with E-state index in [0.29, 0.717) is 12.2 Å². The lowest BCUT2D eigenvalue weighted by Crippen LogP contribution is -2.23. The van der Waals surface area contributed by atoms with Crippen LogP contribution in [0.5, 0.6) is 0 Å². The molecule has 0 bridgehead atoms. The topological polar surface area (TPSA) is 60.9 Å². The molecule has 0 radical (unpaired) electrons. The molecule has 2 aromatic rings. The number of carbonyl (C=O) groups is 1. The van der Waals surface area contributed by atoms with Crippen LogP contribution in [0.1, 0.15) is 22.0 Å². The standard InChI is InChI=1S/C13H15N3O/c1-16-12(7-8-15-16)13(17)11(9-14)10-5-3-2-4-6-10/h2-8,11H,9,14H2,1H3. The summed E-state index contributed by atoms with van der Waals surface area (Å²) in [5, 5.41) is 4.00. The number of hydrogen-bond acceptors (Lipinski definition) is 3. The molecule has 0 spiro atoms. The van der Waals surface area contributed by atoms with Gasteiger partial charge in [0.25, 0.3) is 0 Å². The zero-order valence-corrected chi connectivity index (χ0v) is 9.71. The molecule has 1 heterocycles. The van der Waals surface area contributed by atoms with E-state index in [1.807, 2.05) is 30.3 Å². The van der Waals surface area contributed by atoms with Crippen molar-refractivity contribution in [3.63, 3.8) is 0 Å². The van der Waals surface area contributed by atoms with E-state index >= 15 is 0 Å². The van der Waals surface area contributed by atoms with Gasteiger partial charge in [-0.2, -0.15) is 5.10 Å². The van der Waals surface area contributed by atoms with E-state index in [0.717, 1.165) is 5.56 Å². The lowest BCUT2D eigenvalue weighted by Gasteiger charge is -2.13. The molecule has 17 heavy (non-hydrogen) atoms. The summed E-state index contributed by atoms with van der Waals surface area (Å²) < 4.78 is 1.58. The molecule has 1 aromatic carbocycles. The fourth-order valence-electron chi connectivity index (χ4n) is 1.87. The SMILES string of the molecule is Cn1nccc1C(=O)C(CN)c1ccccc1. The molecule has 1 atom stereocenters. The van der Waals surface area contributed by atoms with Gasteiger partial charge >= 0.3 is 0 Å². The Morgan fingerprint density at radius 3 is 2.59 bits per heavy atom. The number of nitrogens with two attached hydrogens (primary N) is 1. The van der Waals surface area contributed by atoms with Crippen LogP contribution in [0.15, 0.2) is 42.6 Å². The second-order valence-electron chi connectivity index (χ2n) is 3.90. The Morgan fingerprint density at radius 2 is 2.06 bits per heavy atom. The Hall–Kier alpha value is -1.94. The van der Waals surface area contributed by atoms with Crippen molar-refractivity contribution >= 4 is 5.78 Å². The van der Waals surface area contributed by atoms with Crippen LogP contribution >= 0.6 is 0 Å². The van der Waals surface area contributed by atoms with E-state index in [9.17, 15) is 4.79 Å². The van der Waals surface area contributed by atoms with Crippen molar-refractivity contribution in [2.75, 3.05) is 6.54 Å². The summed E-state index contributed by atoms with van der Waals surface area (Å²) in [6.07, 6.45) is 1.62. The van der Waals surface area contributed by atoms with E-state index in [1.165, 1.54) is 0 Å². The summed E-state index contributed by atoms with van der Waals surface area (Å²) in [5.41, 5.74) is 7.24. The van der Waals surface area contributed by atoms with E-state index in [1.54, 1.807) is 24.0 Å². The molecule has 0 aliphatic rings. The largest absolute Gasteiger partial charge is 0.329 e. The predicted molar refractivity (Wildman–Crippen MR) is 65.8 cm³/mol. The molecule has 0 saturated carbocycles. The minimum absolute atomic E-state index is 0.0127. The van der Waals surface area contributed by atoms with Gasteiger partial charge in [0.05, 0.1) is 5.92 Å². The maximum atomic E-state index is 12.3. The molecule has 1 aromatic heterocycles. The molecule has 2 N–H and O–H groups in total. The highest BCUT2D eigenvalue weighted by molar-refractivity contribution is 5.99. The van der Waals surface area contributed by atoms with E-state index in [-0.39, 0.29) is 11.7 Å². The molecule has 0 aliphatic carbocycles. The summed E-state index contributed by atoms with van der Waals surface area (Å²) in [4.78, 5) is 12.3. The van der Waals surface area contributed by atoms with Crippen LogP contribution in [-0.2, 0) is 7.05 Å². The average Bonchev–Trinajstić information content (AvgIpc) is 2.77. The molecule has 0 saturated heterocycles. The van der Waals surface area contributed by atoms with Crippen LogP contribution < -0.4 is 5.73 Å². The van der Waals surface area contributed by atoms with Crippen LogP contribution in [0.3, 0.4) is 0 Å². The van der Waals surface area contributed by atoms with Gasteiger partial charge in [-0.25, -0.2) is 0 Å². The van der Waals surface area contributed by atoms with Crippen LogP contribution in [0.4, 0.5) is 0 Å². The lowest BCUT2D eigenvalue weighted by molar-refractivity contribution is 0.0953. The molecule has 0 amide bonds. The minimum atomic E-state index is -0.299. The molecule has 1 unspecified atom stereocenters. The van der Waals surface area contributed by atoms with Crippen LogP contribution in [0.25, 0.3) is 0 Å². The van der Waals surface area contributed by atoms with Crippen LogP contribution in [-0.4, -0.2) is 22.1 Å². The van der Waals surface area contributed by atoms with Gasteiger partial charge in [-0.05, 0) is 11.6 Å². The lowest BCUT2D eigenvalue weighted by atomic mass is 9.93. The molecular formula is C13H15N3O. The van der Waals surface area contributed by atoms with E-state index in [2.05, 4.69) is 5.10 Å². The maximum Gasteiger partial charge on any atom is 0.189 e. The Balaban J connectivity index is 2.32. The minimum Gasteiger partial charge on any atom is -0.329 e. The number of Topliss-reactive ketones (excluding diaryl/α,β-unsaturated/α-hetero) is 1. The zero-order valence-electron chi connectivity index (χ0n) is 9.71. The first-order chi connectivity index (χ1) is 8.24. The number of benzene rings is 1. The van der Waals surface area contributed by atoms with Gasteiger partial charge in [-0.3, -0.25) is 9.48 Å². The Bertz CT molecular complexity index is 504. The fourth-order valence-corrected chi connectivity index (χ4v) is 1.87. The Labute approximate surface area is 100 Å². The number of hydrogen-bond donors (Lipinski definition) is 1. The highest BCUT2D eigenvalue weighted by Gasteiger charge is 2.22. The number of aromatic nitrogens is 2. The molecule has 4 nitrogen and oxygen atoms in total. The molecule has 2 rings (SSSR count). The summed E-state index contributed by atoms with van der Waals surface area (Å²) in [6, 6.07) is 11.3. The third-order valence-electron chi connectivity index (χ3n) is 2.83. The molecule has 0 aliphatic heterocycles. The summed E-state index contributed by atoms with van der Waals surface area (Å²) in [5.74, 6) is -0.287. The highest BCUT2D eigenvalue weighted by Crippen LogP contribution is 2.19. The highest BCUT2D eigenvalue weighted by atomic mass is 16.1. The summed E-state index contributed by atoms with van der Waals surface area (Å²) >= 11 is 0. The maximum absolute atomic E-state index is 12.3. The van der Waals surface area contributed by atoms with Crippen LogP contribution in [0, 0.1) is 0 Å². The van der Waals surface area contributed by atoms with E-state index < -0.39 is 0 Å². The van der Waals surface area contributed by atoms with Gasteiger partial charge < -0.3 is 5.73 Å². The number of ketones is 1. The van der Waals surface area contributed by atoms with Crippen molar-refractivity contribution < 1.29 is 4.79 Å². The van der Waals surface area contributed by atoms with E-state index in [4.69, 9.17) is 5.73 Å². The first kappa shape index (κ1) is 11.5. The number of nitrogens with zero attached hydrogens (tertiary/aromatic N) is 2. The fraction of sp³-hybridized carbons (Fsp3) is 0.231. The smallest absolute Gasteiger partial charge is 0.189 e. The van der Waals surface area contributed by atoms with Crippen molar-refractivity contribution in [1.29, 1.82) is 0 Å². The monoisotopic (exact) mass is 229 g/mol. The van der Waals surface area contributed by atoms with Gasteiger partial charge in [0, 0.05) is 19.8 Å². The molecule has 88 valence electrons. The Morgan fingerprint density at radius 1 is 1.35 bits per heavy atom. The first-order valence-electron chi connectivity index (χ1n) is 5.51. The zero-order chi connectivity index (χ0) is 12.3. The van der Waals surface area contributed by atoms with Gasteiger partial charge in [-0.15, -0.1) is 0 Å². The second kappa shape index (κ2) is 4.93. The average molecular weight is 229 g/mol. The molecule has 0 fully saturated rings. The normalized spacial score (nSPS) is 12.4. The van der Waals surface area contributed by atoms with Gasteiger partial charge in [0.1, 0.15) is 5.69 Å². The number of aryl methyl sites for hydroxylation is 1. The van der Waals surface area contributed by atoms with Gasteiger partial charge in [-0.1, -0.05) is 30.3 Å². The molecule has 4 heteroatoms. The molecular weight excluding hydrogens is 214 g/mol.